The number of fused-ring (bicyclic) bond motifs is 1. The second-order valence-corrected chi connectivity index (χ2v) is 6.15. The fourth-order valence-corrected chi connectivity index (χ4v) is 2.73. The van der Waals surface area contributed by atoms with Gasteiger partial charge in [-0.25, -0.2) is 0 Å². The van der Waals surface area contributed by atoms with Crippen LogP contribution in [0.2, 0.25) is 0 Å². The summed E-state index contributed by atoms with van der Waals surface area (Å²) in [5.74, 6) is 0.197. The number of azo groups is 2. The van der Waals surface area contributed by atoms with Crippen molar-refractivity contribution in [3.05, 3.63) is 84.9 Å². The van der Waals surface area contributed by atoms with E-state index < -0.39 is 0 Å². The van der Waals surface area contributed by atoms with Crippen LogP contribution in [0.4, 0.5) is 28.4 Å². The van der Waals surface area contributed by atoms with E-state index in [-0.39, 0.29) is 5.75 Å². The van der Waals surface area contributed by atoms with Crippen molar-refractivity contribution in [3.63, 3.8) is 0 Å². The molecule has 0 radical (unpaired) electrons. The Morgan fingerprint density at radius 1 is 0.536 bits per heavy atom. The van der Waals surface area contributed by atoms with Crippen LogP contribution in [0, 0.1) is 0 Å². The second-order valence-electron chi connectivity index (χ2n) is 6.15. The number of nitrogens with two attached hydrogens (primary N) is 1. The first-order valence-electron chi connectivity index (χ1n) is 8.69. The van der Waals surface area contributed by atoms with Crippen molar-refractivity contribution in [2.75, 3.05) is 5.73 Å². The van der Waals surface area contributed by atoms with Gasteiger partial charge in [-0.3, -0.25) is 0 Å². The van der Waals surface area contributed by atoms with Crippen molar-refractivity contribution in [2.24, 2.45) is 20.5 Å². The average Bonchev–Trinajstić information content (AvgIpc) is 2.74. The Hall–Kier alpha value is -4.06. The molecule has 28 heavy (non-hydrogen) atoms. The zero-order chi connectivity index (χ0) is 19.3. The normalized spacial score (nSPS) is 11.6. The molecule has 4 rings (SSSR count). The molecule has 6 nitrogen and oxygen atoms in total. The molecule has 0 amide bonds. The van der Waals surface area contributed by atoms with Crippen molar-refractivity contribution < 1.29 is 5.11 Å². The van der Waals surface area contributed by atoms with Gasteiger partial charge in [0.1, 0.15) is 5.75 Å². The van der Waals surface area contributed by atoms with Gasteiger partial charge in [-0.2, -0.15) is 15.3 Å². The molecule has 6 heteroatoms. The summed E-state index contributed by atoms with van der Waals surface area (Å²) < 4.78 is 0. The zero-order valence-electron chi connectivity index (χ0n) is 14.9. The monoisotopic (exact) mass is 367 g/mol. The van der Waals surface area contributed by atoms with E-state index in [4.69, 9.17) is 5.73 Å². The molecule has 0 aliphatic heterocycles. The second kappa shape index (κ2) is 7.67. The molecule has 0 saturated carbocycles. The van der Waals surface area contributed by atoms with E-state index in [1.165, 1.54) is 0 Å². The SMILES string of the molecule is Nc1ccc(N=Nc2ccc(N=Nc3ccc(O)cc3)cc2)c2ccccc12. The summed E-state index contributed by atoms with van der Waals surface area (Å²) in [4.78, 5) is 0. The lowest BCUT2D eigenvalue weighted by Crippen LogP contribution is -1.86. The van der Waals surface area contributed by atoms with Gasteiger partial charge in [0.25, 0.3) is 0 Å². The third kappa shape index (κ3) is 3.86. The highest BCUT2D eigenvalue weighted by Gasteiger charge is 2.02. The predicted molar refractivity (Wildman–Crippen MR) is 111 cm³/mol. The lowest BCUT2D eigenvalue weighted by atomic mass is 10.1. The zero-order valence-corrected chi connectivity index (χ0v) is 14.9. The smallest absolute Gasteiger partial charge is 0.115 e. The van der Waals surface area contributed by atoms with Gasteiger partial charge < -0.3 is 10.8 Å². The van der Waals surface area contributed by atoms with Gasteiger partial charge in [0.05, 0.1) is 22.7 Å². The first-order chi connectivity index (χ1) is 13.7. The quantitative estimate of drug-likeness (QED) is 0.301. The Kier molecular flexibility index (Phi) is 4.76. The molecular formula is C22H17N5O. The Morgan fingerprint density at radius 3 is 1.64 bits per heavy atom. The molecule has 0 heterocycles. The van der Waals surface area contributed by atoms with Crippen LogP contribution in [-0.4, -0.2) is 5.11 Å². The summed E-state index contributed by atoms with van der Waals surface area (Å²) in [7, 11) is 0. The summed E-state index contributed by atoms with van der Waals surface area (Å²) in [5.41, 5.74) is 9.58. The minimum Gasteiger partial charge on any atom is -0.508 e. The van der Waals surface area contributed by atoms with E-state index in [0.29, 0.717) is 17.1 Å². The molecule has 0 aliphatic rings. The largest absolute Gasteiger partial charge is 0.508 e. The molecule has 4 aromatic carbocycles. The molecule has 0 spiro atoms. The van der Waals surface area contributed by atoms with E-state index in [1.807, 2.05) is 60.7 Å². The van der Waals surface area contributed by atoms with Crippen molar-refractivity contribution in [3.8, 4) is 5.75 Å². The van der Waals surface area contributed by atoms with E-state index in [9.17, 15) is 5.11 Å². The summed E-state index contributed by atoms with van der Waals surface area (Å²) in [6.45, 7) is 0. The maximum absolute atomic E-state index is 9.28. The molecule has 0 bridgehead atoms. The van der Waals surface area contributed by atoms with Crippen molar-refractivity contribution in [1.29, 1.82) is 0 Å². The first-order valence-corrected chi connectivity index (χ1v) is 8.69. The van der Waals surface area contributed by atoms with Crippen molar-refractivity contribution in [2.45, 2.75) is 0 Å². The van der Waals surface area contributed by atoms with Crippen LogP contribution in [0.3, 0.4) is 0 Å². The van der Waals surface area contributed by atoms with Crippen molar-refractivity contribution in [1.82, 2.24) is 0 Å². The Bertz CT molecular complexity index is 1170. The van der Waals surface area contributed by atoms with E-state index in [1.54, 1.807) is 24.3 Å². The number of nitrogen functional groups attached to an aromatic ring is 1. The molecule has 3 N–H and O–H groups in total. The highest BCUT2D eigenvalue weighted by Crippen LogP contribution is 2.31. The highest BCUT2D eigenvalue weighted by molar-refractivity contribution is 5.99. The van der Waals surface area contributed by atoms with Crippen LogP contribution in [-0.2, 0) is 0 Å². The summed E-state index contributed by atoms with van der Waals surface area (Å²) >= 11 is 0. The number of benzene rings is 4. The summed E-state index contributed by atoms with van der Waals surface area (Å²) in [5, 5.41) is 28.2. The third-order valence-electron chi connectivity index (χ3n) is 4.19. The lowest BCUT2D eigenvalue weighted by molar-refractivity contribution is 0.475. The van der Waals surface area contributed by atoms with E-state index in [0.717, 1.165) is 22.1 Å². The number of nitrogens with zero attached hydrogens (tertiary/aromatic N) is 4. The first kappa shape index (κ1) is 17.4. The van der Waals surface area contributed by atoms with Gasteiger partial charge >= 0.3 is 0 Å². The van der Waals surface area contributed by atoms with Gasteiger partial charge in [0.15, 0.2) is 0 Å². The number of anilines is 1. The van der Waals surface area contributed by atoms with Crippen LogP contribution >= 0.6 is 0 Å². The van der Waals surface area contributed by atoms with Gasteiger partial charge in [0.2, 0.25) is 0 Å². The maximum Gasteiger partial charge on any atom is 0.115 e. The standard InChI is InChI=1S/C22H17N5O/c23-21-13-14-22(20-4-2-1-3-19(20)21)27-26-16-7-5-15(6-8-16)24-25-17-9-11-18(28)12-10-17/h1-14,28H,23H2. The van der Waals surface area contributed by atoms with Crippen LogP contribution in [0.5, 0.6) is 5.75 Å². The van der Waals surface area contributed by atoms with Gasteiger partial charge in [-0.15, -0.1) is 5.11 Å². The van der Waals surface area contributed by atoms with Crippen LogP contribution < -0.4 is 5.73 Å². The Labute approximate surface area is 161 Å². The third-order valence-corrected chi connectivity index (χ3v) is 4.19. The Morgan fingerprint density at radius 2 is 1.04 bits per heavy atom. The van der Waals surface area contributed by atoms with E-state index in [2.05, 4.69) is 20.5 Å². The molecule has 0 fully saturated rings. The minimum absolute atomic E-state index is 0.197. The predicted octanol–water partition coefficient (Wildman–Crippen LogP) is 6.96. The molecule has 0 unspecified atom stereocenters. The van der Waals surface area contributed by atoms with Crippen LogP contribution in [0.1, 0.15) is 0 Å². The van der Waals surface area contributed by atoms with Gasteiger partial charge in [-0.05, 0) is 60.7 Å². The molecule has 0 aromatic heterocycles. The number of rotatable bonds is 4. The van der Waals surface area contributed by atoms with Crippen molar-refractivity contribution >= 4 is 39.2 Å². The fraction of sp³-hybridized carbons (Fsp3) is 0. The molecule has 136 valence electrons. The summed E-state index contributed by atoms with van der Waals surface area (Å²) in [6.07, 6.45) is 0. The fourth-order valence-electron chi connectivity index (χ4n) is 2.73. The molecule has 0 aliphatic carbocycles. The Balaban J connectivity index is 1.52. The molecule has 0 atom stereocenters. The van der Waals surface area contributed by atoms with Crippen LogP contribution in [0.15, 0.2) is 105 Å². The highest BCUT2D eigenvalue weighted by atomic mass is 16.3. The topological polar surface area (TPSA) is 95.7 Å². The number of aromatic hydroxyl groups is 1. The summed E-state index contributed by atoms with van der Waals surface area (Å²) in [6, 6.07) is 25.4. The number of phenols is 1. The van der Waals surface area contributed by atoms with E-state index >= 15 is 0 Å². The maximum atomic E-state index is 9.28. The van der Waals surface area contributed by atoms with Crippen LogP contribution in [0.25, 0.3) is 10.8 Å². The number of hydrogen-bond donors (Lipinski definition) is 2. The molecule has 0 saturated heterocycles. The lowest BCUT2D eigenvalue weighted by Gasteiger charge is -2.04. The van der Waals surface area contributed by atoms with Gasteiger partial charge in [-0.1, -0.05) is 24.3 Å². The molecule has 4 aromatic rings. The number of phenolic OH excluding ortho intramolecular Hbond substituents is 1. The number of hydrogen-bond acceptors (Lipinski definition) is 6. The average molecular weight is 367 g/mol. The van der Waals surface area contributed by atoms with Gasteiger partial charge in [0, 0.05) is 16.5 Å². The molecular weight excluding hydrogens is 350 g/mol. The minimum atomic E-state index is 0.197.